The lowest BCUT2D eigenvalue weighted by molar-refractivity contribution is 0.0644. The number of anilines is 1. The lowest BCUT2D eigenvalue weighted by Crippen LogP contribution is -2.48. The van der Waals surface area contributed by atoms with Crippen molar-refractivity contribution in [2.45, 2.75) is 0 Å². The number of aromatic nitrogens is 1. The molecule has 6 nitrogen and oxygen atoms in total. The van der Waals surface area contributed by atoms with E-state index in [4.69, 9.17) is 0 Å². The van der Waals surface area contributed by atoms with Crippen molar-refractivity contribution in [2.24, 2.45) is 0 Å². The van der Waals surface area contributed by atoms with Crippen LogP contribution in [0.5, 0.6) is 0 Å². The molecule has 1 fully saturated rings. The van der Waals surface area contributed by atoms with E-state index in [-0.39, 0.29) is 5.91 Å². The molecule has 0 unspecified atom stereocenters. The molecule has 0 spiro atoms. The second kappa shape index (κ2) is 10.7. The molecule has 0 atom stereocenters. The number of carbonyl (C=O) groups excluding carboxylic acids is 1. The zero-order valence-electron chi connectivity index (χ0n) is 17.4. The number of piperazine rings is 1. The average Bonchev–Trinajstić information content (AvgIpc) is 2.74. The van der Waals surface area contributed by atoms with Crippen LogP contribution in [0.1, 0.15) is 16.1 Å². The lowest BCUT2D eigenvalue weighted by atomic mass is 10.2. The third-order valence-electron chi connectivity index (χ3n) is 5.00. The Morgan fingerprint density at radius 3 is 2.62 bits per heavy atom. The van der Waals surface area contributed by atoms with Crippen LogP contribution in [-0.4, -0.2) is 85.5 Å². The van der Waals surface area contributed by atoms with Gasteiger partial charge in [-0.05, 0) is 31.8 Å². The molecule has 1 N–H and O–H groups in total. The molecule has 3 rings (SSSR count). The first kappa shape index (κ1) is 21.0. The number of hydrogen-bond acceptors (Lipinski definition) is 5. The van der Waals surface area contributed by atoms with Crippen molar-refractivity contribution in [2.75, 3.05) is 65.2 Å². The van der Waals surface area contributed by atoms with Crippen LogP contribution in [0.2, 0.25) is 0 Å². The molecule has 154 valence electrons. The molecule has 0 saturated carbocycles. The average molecular weight is 394 g/mol. The Labute approximate surface area is 173 Å². The van der Waals surface area contributed by atoms with E-state index in [0.717, 1.165) is 51.5 Å². The van der Waals surface area contributed by atoms with Crippen LogP contribution >= 0.6 is 0 Å². The van der Waals surface area contributed by atoms with Gasteiger partial charge in [-0.15, -0.1) is 0 Å². The highest BCUT2D eigenvalue weighted by Crippen LogP contribution is 2.12. The Morgan fingerprint density at radius 2 is 1.90 bits per heavy atom. The maximum atomic E-state index is 12.8. The summed E-state index contributed by atoms with van der Waals surface area (Å²) >= 11 is 0. The van der Waals surface area contributed by atoms with Crippen molar-refractivity contribution in [3.63, 3.8) is 0 Å². The molecule has 0 radical (unpaired) electrons. The van der Waals surface area contributed by atoms with E-state index in [9.17, 15) is 4.79 Å². The third kappa shape index (κ3) is 6.69. The molecule has 0 aliphatic carbocycles. The van der Waals surface area contributed by atoms with Crippen LogP contribution in [0.4, 0.5) is 5.69 Å². The van der Waals surface area contributed by atoms with E-state index >= 15 is 0 Å². The molecule has 1 amide bonds. The number of nitrogens with one attached hydrogen (secondary N) is 1. The number of nitrogens with zero attached hydrogens (tertiary/aromatic N) is 4. The van der Waals surface area contributed by atoms with Crippen LogP contribution in [0.3, 0.4) is 0 Å². The Kier molecular flexibility index (Phi) is 7.78. The summed E-state index contributed by atoms with van der Waals surface area (Å²) in [5.74, 6) is 0.0146. The van der Waals surface area contributed by atoms with E-state index < -0.39 is 0 Å². The van der Waals surface area contributed by atoms with Crippen molar-refractivity contribution >= 4 is 17.7 Å². The minimum atomic E-state index is 0.0146. The minimum Gasteiger partial charge on any atom is -0.384 e. The van der Waals surface area contributed by atoms with Crippen LogP contribution < -0.4 is 5.32 Å². The summed E-state index contributed by atoms with van der Waals surface area (Å²) in [6.07, 6.45) is 6.04. The van der Waals surface area contributed by atoms with Gasteiger partial charge in [-0.25, -0.2) is 0 Å². The number of carbonyl (C=O) groups is 1. The standard InChI is InChI=1S/C23H31N5O/c1-26(2)14-12-24-21-10-11-25-22(19-21)23(29)28-17-15-27(16-18-28)13-6-9-20-7-4-3-5-8-20/h3-11,19H,12-18H2,1-2H3,(H,24,25)/b9-6+. The van der Waals surface area contributed by atoms with Crippen molar-refractivity contribution in [3.8, 4) is 0 Å². The summed E-state index contributed by atoms with van der Waals surface area (Å²) in [5.41, 5.74) is 2.67. The van der Waals surface area contributed by atoms with E-state index in [1.165, 1.54) is 5.56 Å². The predicted molar refractivity (Wildman–Crippen MR) is 119 cm³/mol. The Morgan fingerprint density at radius 1 is 1.14 bits per heavy atom. The molecule has 6 heteroatoms. The first-order chi connectivity index (χ1) is 14.1. The zero-order valence-corrected chi connectivity index (χ0v) is 17.4. The molecule has 1 saturated heterocycles. The molecule has 0 bridgehead atoms. The molecule has 1 aromatic heterocycles. The van der Waals surface area contributed by atoms with Gasteiger partial charge in [-0.2, -0.15) is 0 Å². The minimum absolute atomic E-state index is 0.0146. The van der Waals surface area contributed by atoms with Crippen LogP contribution in [0.25, 0.3) is 6.08 Å². The normalized spacial score (nSPS) is 15.2. The fraction of sp³-hybridized carbons (Fsp3) is 0.391. The largest absolute Gasteiger partial charge is 0.384 e. The molecular formula is C23H31N5O. The zero-order chi connectivity index (χ0) is 20.5. The van der Waals surface area contributed by atoms with E-state index in [1.807, 2.05) is 49.3 Å². The van der Waals surface area contributed by atoms with Gasteiger partial charge < -0.3 is 15.1 Å². The van der Waals surface area contributed by atoms with E-state index in [2.05, 4.69) is 44.4 Å². The van der Waals surface area contributed by atoms with E-state index in [0.29, 0.717) is 5.69 Å². The van der Waals surface area contributed by atoms with Gasteiger partial charge >= 0.3 is 0 Å². The Bertz CT molecular complexity index is 798. The van der Waals surface area contributed by atoms with Gasteiger partial charge in [0, 0.05) is 57.7 Å². The molecular weight excluding hydrogens is 362 g/mol. The van der Waals surface area contributed by atoms with Crippen molar-refractivity contribution in [1.82, 2.24) is 19.7 Å². The predicted octanol–water partition coefficient (Wildman–Crippen LogP) is 2.53. The third-order valence-corrected chi connectivity index (χ3v) is 5.00. The number of likely N-dealkylation sites (N-methyl/N-ethyl adjacent to an activating group) is 1. The maximum absolute atomic E-state index is 12.8. The van der Waals surface area contributed by atoms with Crippen LogP contribution in [-0.2, 0) is 0 Å². The summed E-state index contributed by atoms with van der Waals surface area (Å²) in [6, 6.07) is 14.1. The highest BCUT2D eigenvalue weighted by atomic mass is 16.2. The Hall–Kier alpha value is -2.70. The molecule has 29 heavy (non-hydrogen) atoms. The van der Waals surface area contributed by atoms with Crippen molar-refractivity contribution < 1.29 is 4.79 Å². The fourth-order valence-electron chi connectivity index (χ4n) is 3.28. The van der Waals surface area contributed by atoms with Gasteiger partial charge in [0.1, 0.15) is 5.69 Å². The summed E-state index contributed by atoms with van der Waals surface area (Å²) < 4.78 is 0. The molecule has 1 aliphatic rings. The molecule has 1 aliphatic heterocycles. The SMILES string of the molecule is CN(C)CCNc1ccnc(C(=O)N2CCN(C/C=C/c3ccccc3)CC2)c1. The van der Waals surface area contributed by atoms with Crippen LogP contribution in [0, 0.1) is 0 Å². The number of amides is 1. The number of rotatable bonds is 8. The second-order valence-corrected chi connectivity index (χ2v) is 7.57. The van der Waals surface area contributed by atoms with Gasteiger partial charge in [0.25, 0.3) is 5.91 Å². The smallest absolute Gasteiger partial charge is 0.272 e. The van der Waals surface area contributed by atoms with Crippen molar-refractivity contribution in [3.05, 3.63) is 66.0 Å². The second-order valence-electron chi connectivity index (χ2n) is 7.57. The van der Waals surface area contributed by atoms with Crippen LogP contribution in [0.15, 0.2) is 54.7 Å². The summed E-state index contributed by atoms with van der Waals surface area (Å²) in [7, 11) is 4.08. The van der Waals surface area contributed by atoms with Crippen molar-refractivity contribution in [1.29, 1.82) is 0 Å². The van der Waals surface area contributed by atoms with Gasteiger partial charge in [0.15, 0.2) is 0 Å². The lowest BCUT2D eigenvalue weighted by Gasteiger charge is -2.34. The number of pyridine rings is 1. The molecule has 2 heterocycles. The highest BCUT2D eigenvalue weighted by molar-refractivity contribution is 5.93. The van der Waals surface area contributed by atoms with Gasteiger partial charge in [-0.3, -0.25) is 14.7 Å². The monoisotopic (exact) mass is 393 g/mol. The van der Waals surface area contributed by atoms with Gasteiger partial charge in [0.2, 0.25) is 0 Å². The molecule has 2 aromatic rings. The summed E-state index contributed by atoms with van der Waals surface area (Å²) in [6.45, 7) is 5.90. The first-order valence-electron chi connectivity index (χ1n) is 10.2. The molecule has 1 aromatic carbocycles. The first-order valence-corrected chi connectivity index (χ1v) is 10.2. The van der Waals surface area contributed by atoms with E-state index in [1.54, 1.807) is 6.20 Å². The quantitative estimate of drug-likeness (QED) is 0.747. The maximum Gasteiger partial charge on any atom is 0.272 e. The Balaban J connectivity index is 1.46. The summed E-state index contributed by atoms with van der Waals surface area (Å²) in [5, 5.41) is 3.35. The fourth-order valence-corrected chi connectivity index (χ4v) is 3.28. The van der Waals surface area contributed by atoms with Gasteiger partial charge in [-0.1, -0.05) is 42.5 Å². The summed E-state index contributed by atoms with van der Waals surface area (Å²) in [4.78, 5) is 23.5. The van der Waals surface area contributed by atoms with Gasteiger partial charge in [0.05, 0.1) is 0 Å². The number of benzene rings is 1. The number of hydrogen-bond donors (Lipinski definition) is 1. The highest BCUT2D eigenvalue weighted by Gasteiger charge is 2.22. The topological polar surface area (TPSA) is 51.7 Å².